The summed E-state index contributed by atoms with van der Waals surface area (Å²) < 4.78 is 0. The normalized spacial score (nSPS) is 19.6. The van der Waals surface area contributed by atoms with E-state index in [1.165, 1.54) is 0 Å². The van der Waals surface area contributed by atoms with Crippen LogP contribution in [0.1, 0.15) is 13.8 Å². The second-order valence-electron chi connectivity index (χ2n) is 7.88. The number of pyridine rings is 3. The van der Waals surface area contributed by atoms with Gasteiger partial charge in [-0.3, -0.25) is 9.78 Å². The van der Waals surface area contributed by atoms with Crippen molar-refractivity contribution in [1.82, 2.24) is 15.0 Å². The minimum Gasteiger partial charge on any atom is -0.355 e. The summed E-state index contributed by atoms with van der Waals surface area (Å²) >= 11 is 0. The summed E-state index contributed by atoms with van der Waals surface area (Å²) in [5.41, 5.74) is 3.50. The predicted octanol–water partition coefficient (Wildman–Crippen LogP) is 4.23. The zero-order valence-corrected chi connectivity index (χ0v) is 16.0. The maximum Gasteiger partial charge on any atom is 0.191 e. The molecule has 1 aliphatic rings. The highest BCUT2D eigenvalue weighted by Crippen LogP contribution is 2.35. The molecule has 1 aliphatic heterocycles. The fourth-order valence-electron chi connectivity index (χ4n) is 4.08. The molecule has 140 valence electrons. The summed E-state index contributed by atoms with van der Waals surface area (Å²) in [6.45, 7) is 6.52. The maximum absolute atomic E-state index is 12.7. The first-order valence-corrected chi connectivity index (χ1v) is 9.72. The molecule has 0 spiro atoms. The zero-order valence-electron chi connectivity index (χ0n) is 16.0. The van der Waals surface area contributed by atoms with Gasteiger partial charge >= 0.3 is 0 Å². The van der Waals surface area contributed by atoms with Gasteiger partial charge in [-0.25, -0.2) is 4.98 Å². The van der Waals surface area contributed by atoms with Gasteiger partial charge in [0.05, 0.1) is 22.1 Å². The van der Waals surface area contributed by atoms with E-state index in [4.69, 9.17) is 4.98 Å². The fraction of sp³-hybridized carbons (Fsp3) is 0.261. The number of anilines is 1. The monoisotopic (exact) mass is 370 g/mol. The minimum atomic E-state index is -0.0286. The van der Waals surface area contributed by atoms with Crippen LogP contribution in [0.25, 0.3) is 33.1 Å². The van der Waals surface area contributed by atoms with Crippen LogP contribution in [0.15, 0.2) is 59.7 Å². The third kappa shape index (κ3) is 2.74. The van der Waals surface area contributed by atoms with Crippen molar-refractivity contribution < 1.29 is 0 Å². The first kappa shape index (κ1) is 16.9. The second kappa shape index (κ2) is 6.44. The largest absolute Gasteiger partial charge is 0.355 e. The lowest BCUT2D eigenvalue weighted by molar-refractivity contribution is 0.494. The van der Waals surface area contributed by atoms with Crippen molar-refractivity contribution in [1.29, 1.82) is 0 Å². The van der Waals surface area contributed by atoms with Gasteiger partial charge in [0.25, 0.3) is 0 Å². The average Bonchev–Trinajstić information content (AvgIpc) is 3.05. The van der Waals surface area contributed by atoms with Crippen molar-refractivity contribution in [2.75, 3.05) is 18.0 Å². The molecule has 0 unspecified atom stereocenters. The number of para-hydroxylation sites is 1. The summed E-state index contributed by atoms with van der Waals surface area (Å²) in [7, 11) is 0. The van der Waals surface area contributed by atoms with Crippen molar-refractivity contribution in [2.45, 2.75) is 13.8 Å². The Bertz CT molecular complexity index is 1240. The highest BCUT2D eigenvalue weighted by atomic mass is 16.1. The number of rotatable bonds is 2. The molecule has 1 saturated heterocycles. The Morgan fingerprint density at radius 2 is 1.86 bits per heavy atom. The van der Waals surface area contributed by atoms with Crippen LogP contribution in [0.2, 0.25) is 0 Å². The smallest absolute Gasteiger partial charge is 0.191 e. The van der Waals surface area contributed by atoms with Crippen LogP contribution < -0.4 is 10.3 Å². The average molecular weight is 370 g/mol. The molecule has 4 aromatic rings. The van der Waals surface area contributed by atoms with Gasteiger partial charge in [0, 0.05) is 42.5 Å². The lowest BCUT2D eigenvalue weighted by Crippen LogP contribution is -2.22. The Balaban J connectivity index is 1.76. The standard InChI is InChI=1S/C23H22N4O/c1-14-12-27(13-15(14)2)23-17(9-16-5-3-4-6-19(16)26-23)21-10-22(28)18-11-24-8-7-20(18)25-21/h3-11,14-15H,12-13H2,1-2H3,(H,25,28)/t14-,15-/m1/s1. The molecule has 2 atom stereocenters. The SMILES string of the molecule is C[C@@H]1CN(c2nc3ccccc3cc2-c2cc(=O)c3cnccc3[nH]2)C[C@H]1C. The molecule has 0 radical (unpaired) electrons. The highest BCUT2D eigenvalue weighted by Gasteiger charge is 2.29. The molecule has 4 heterocycles. The van der Waals surface area contributed by atoms with Crippen molar-refractivity contribution in [2.24, 2.45) is 11.8 Å². The third-order valence-electron chi connectivity index (χ3n) is 5.91. The van der Waals surface area contributed by atoms with Gasteiger partial charge in [-0.1, -0.05) is 32.0 Å². The Morgan fingerprint density at radius 1 is 1.07 bits per heavy atom. The van der Waals surface area contributed by atoms with E-state index < -0.39 is 0 Å². The van der Waals surface area contributed by atoms with E-state index in [1.54, 1.807) is 18.5 Å². The van der Waals surface area contributed by atoms with Crippen LogP contribution in [0, 0.1) is 11.8 Å². The quantitative estimate of drug-likeness (QED) is 0.574. The van der Waals surface area contributed by atoms with Crippen molar-refractivity contribution in [3.63, 3.8) is 0 Å². The number of aromatic amines is 1. The maximum atomic E-state index is 12.7. The van der Waals surface area contributed by atoms with Gasteiger partial charge in [0.1, 0.15) is 5.82 Å². The van der Waals surface area contributed by atoms with Crippen molar-refractivity contribution in [3.8, 4) is 11.3 Å². The van der Waals surface area contributed by atoms with Gasteiger partial charge in [-0.05, 0) is 30.0 Å². The van der Waals surface area contributed by atoms with E-state index >= 15 is 0 Å². The van der Waals surface area contributed by atoms with Gasteiger partial charge < -0.3 is 9.88 Å². The number of hydrogen-bond acceptors (Lipinski definition) is 4. The molecule has 0 saturated carbocycles. The molecule has 1 N–H and O–H groups in total. The second-order valence-corrected chi connectivity index (χ2v) is 7.88. The van der Waals surface area contributed by atoms with E-state index in [0.29, 0.717) is 17.2 Å². The first-order valence-electron chi connectivity index (χ1n) is 9.72. The highest BCUT2D eigenvalue weighted by molar-refractivity contribution is 5.90. The number of fused-ring (bicyclic) bond motifs is 2. The van der Waals surface area contributed by atoms with Crippen LogP contribution in [-0.2, 0) is 0 Å². The Morgan fingerprint density at radius 3 is 2.68 bits per heavy atom. The van der Waals surface area contributed by atoms with E-state index in [1.807, 2.05) is 24.3 Å². The summed E-state index contributed by atoms with van der Waals surface area (Å²) in [5.74, 6) is 2.17. The number of nitrogens with one attached hydrogen (secondary N) is 1. The molecule has 0 amide bonds. The van der Waals surface area contributed by atoms with Gasteiger partial charge in [0.15, 0.2) is 5.43 Å². The van der Waals surface area contributed by atoms with Crippen molar-refractivity contribution in [3.05, 3.63) is 65.1 Å². The molecule has 5 heteroatoms. The Hall–Kier alpha value is -3.21. The molecule has 5 nitrogen and oxygen atoms in total. The summed E-state index contributed by atoms with van der Waals surface area (Å²) in [5, 5.41) is 1.67. The molecule has 3 aromatic heterocycles. The number of hydrogen-bond donors (Lipinski definition) is 1. The molecule has 0 aliphatic carbocycles. The number of H-pyrrole nitrogens is 1. The molecule has 5 rings (SSSR count). The number of nitrogens with zero attached hydrogens (tertiary/aromatic N) is 3. The van der Waals surface area contributed by atoms with E-state index in [2.05, 4.69) is 40.8 Å². The topological polar surface area (TPSA) is 61.9 Å². The number of benzene rings is 1. The fourth-order valence-corrected chi connectivity index (χ4v) is 4.08. The molecular formula is C23H22N4O. The lowest BCUT2D eigenvalue weighted by atomic mass is 10.0. The van der Waals surface area contributed by atoms with Crippen LogP contribution in [0.3, 0.4) is 0 Å². The predicted molar refractivity (Wildman–Crippen MR) is 114 cm³/mol. The van der Waals surface area contributed by atoms with Crippen LogP contribution in [0.5, 0.6) is 0 Å². The molecule has 1 aromatic carbocycles. The van der Waals surface area contributed by atoms with Gasteiger partial charge in [-0.2, -0.15) is 0 Å². The summed E-state index contributed by atoms with van der Waals surface area (Å²) in [4.78, 5) is 27.5. The Kier molecular flexibility index (Phi) is 3.90. The molecule has 1 fully saturated rings. The van der Waals surface area contributed by atoms with E-state index in [-0.39, 0.29) is 5.43 Å². The number of aromatic nitrogens is 3. The first-order chi connectivity index (χ1) is 13.6. The Labute approximate surface area is 163 Å². The van der Waals surface area contributed by atoms with Gasteiger partial charge in [0.2, 0.25) is 0 Å². The lowest BCUT2D eigenvalue weighted by Gasteiger charge is -2.22. The third-order valence-corrected chi connectivity index (χ3v) is 5.91. The zero-order chi connectivity index (χ0) is 19.3. The molecule has 0 bridgehead atoms. The summed E-state index contributed by atoms with van der Waals surface area (Å²) in [6.07, 6.45) is 3.31. The van der Waals surface area contributed by atoms with Crippen LogP contribution in [0.4, 0.5) is 5.82 Å². The summed E-state index contributed by atoms with van der Waals surface area (Å²) in [6, 6.07) is 13.8. The minimum absolute atomic E-state index is 0.0286. The van der Waals surface area contributed by atoms with Crippen LogP contribution >= 0.6 is 0 Å². The molecular weight excluding hydrogens is 348 g/mol. The van der Waals surface area contributed by atoms with E-state index in [9.17, 15) is 4.79 Å². The molecule has 28 heavy (non-hydrogen) atoms. The van der Waals surface area contributed by atoms with Crippen LogP contribution in [-0.4, -0.2) is 28.0 Å². The van der Waals surface area contributed by atoms with Crippen molar-refractivity contribution >= 4 is 27.6 Å². The van der Waals surface area contributed by atoms with Gasteiger partial charge in [-0.15, -0.1) is 0 Å². The van der Waals surface area contributed by atoms with E-state index in [0.717, 1.165) is 46.6 Å².